The quantitative estimate of drug-likeness (QED) is 0.510. The van der Waals surface area contributed by atoms with Crippen molar-refractivity contribution in [1.29, 1.82) is 0 Å². The Kier molecular flexibility index (Phi) is 6.40. The van der Waals surface area contributed by atoms with Gasteiger partial charge in [-0.15, -0.1) is 0 Å². The van der Waals surface area contributed by atoms with Crippen LogP contribution in [-0.4, -0.2) is 72.3 Å². The zero-order chi connectivity index (χ0) is 22.8. The summed E-state index contributed by atoms with van der Waals surface area (Å²) < 4.78 is 19.0. The van der Waals surface area contributed by atoms with Crippen molar-refractivity contribution in [3.8, 4) is 0 Å². The number of ether oxygens (including phenoxy) is 1. The van der Waals surface area contributed by atoms with Crippen LogP contribution in [0.2, 0.25) is 0 Å². The lowest BCUT2D eigenvalue weighted by Gasteiger charge is -2.28. The average molecular weight is 442 g/mol. The third-order valence-corrected chi connectivity index (χ3v) is 5.83. The number of aliphatic hydroxyl groups excluding tert-OH is 1. The number of aliphatic hydroxyl groups is 1. The Morgan fingerprint density at radius 2 is 2.09 bits per heavy atom. The summed E-state index contributed by atoms with van der Waals surface area (Å²) in [5, 5.41) is 15.8. The number of β-amino-alcohol motifs (C(OH)–C–C–N with tert-alkyl or cyclic N) is 1. The molecule has 0 radical (unpaired) electrons. The van der Waals surface area contributed by atoms with Crippen molar-refractivity contribution in [3.05, 3.63) is 52.1 Å². The lowest BCUT2D eigenvalue weighted by Crippen LogP contribution is -2.44. The van der Waals surface area contributed by atoms with Crippen LogP contribution in [0.3, 0.4) is 0 Å². The van der Waals surface area contributed by atoms with Crippen LogP contribution in [0.5, 0.6) is 0 Å². The third-order valence-electron chi connectivity index (χ3n) is 5.83. The number of hydrogen-bond donors (Lipinski definition) is 4. The van der Waals surface area contributed by atoms with Crippen LogP contribution in [0.15, 0.2) is 18.2 Å². The Hall–Kier alpha value is -3.01. The van der Waals surface area contributed by atoms with Crippen LogP contribution in [-0.2, 0) is 9.53 Å². The van der Waals surface area contributed by atoms with Crippen LogP contribution < -0.4 is 10.6 Å². The lowest BCUT2D eigenvalue weighted by atomic mass is 10.0. The van der Waals surface area contributed by atoms with E-state index in [4.69, 9.17) is 4.74 Å². The van der Waals surface area contributed by atoms with Crippen LogP contribution >= 0.6 is 0 Å². The minimum Gasteiger partial charge on any atom is -0.390 e. The second-order valence-corrected chi connectivity index (χ2v) is 8.14. The number of carbonyl (C=O) groups is 2. The van der Waals surface area contributed by atoms with Gasteiger partial charge in [0.2, 0.25) is 0 Å². The lowest BCUT2D eigenvalue weighted by molar-refractivity contribution is -0.110. The molecule has 0 unspecified atom stereocenters. The molecule has 1 saturated heterocycles. The van der Waals surface area contributed by atoms with E-state index in [0.29, 0.717) is 59.1 Å². The van der Waals surface area contributed by atoms with Crippen molar-refractivity contribution < 1.29 is 23.8 Å². The summed E-state index contributed by atoms with van der Waals surface area (Å²) in [6.07, 6.45) is 0.944. The third kappa shape index (κ3) is 4.59. The number of anilines is 1. The number of nitrogens with one attached hydrogen (secondary N) is 3. The number of amides is 2. The number of carbonyl (C=O) groups excluding carboxylic acids is 2. The molecular weight excluding hydrogens is 415 g/mol. The second kappa shape index (κ2) is 9.23. The van der Waals surface area contributed by atoms with Crippen molar-refractivity contribution in [2.45, 2.75) is 20.0 Å². The summed E-state index contributed by atoms with van der Waals surface area (Å²) in [5.74, 6) is -1.06. The van der Waals surface area contributed by atoms with Crippen LogP contribution in [0.25, 0.3) is 11.6 Å². The monoisotopic (exact) mass is 442 g/mol. The highest BCUT2D eigenvalue weighted by Gasteiger charge is 2.26. The molecule has 4 N–H and O–H groups in total. The molecule has 2 aliphatic rings. The molecule has 2 amide bonds. The SMILES string of the molecule is Cc1[nH]c(/C=C2\C(=O)Nc3ccc(F)cc32)c(C)c1C(=O)NC[C@@H](O)CN1CCOCC1. The molecule has 170 valence electrons. The van der Waals surface area contributed by atoms with Crippen molar-refractivity contribution >= 4 is 29.2 Å². The van der Waals surface area contributed by atoms with E-state index < -0.39 is 11.9 Å². The number of H-pyrrole nitrogens is 1. The molecule has 4 rings (SSSR count). The Balaban J connectivity index is 1.47. The number of aromatic amines is 1. The van der Waals surface area contributed by atoms with E-state index >= 15 is 0 Å². The molecule has 0 spiro atoms. The molecule has 2 aromatic rings. The Labute approximate surface area is 185 Å². The van der Waals surface area contributed by atoms with E-state index in [0.717, 1.165) is 13.1 Å². The van der Waals surface area contributed by atoms with Gasteiger partial charge in [0, 0.05) is 48.8 Å². The predicted octanol–water partition coefficient (Wildman–Crippen LogP) is 1.69. The molecule has 0 saturated carbocycles. The maximum atomic E-state index is 13.7. The van der Waals surface area contributed by atoms with Gasteiger partial charge >= 0.3 is 0 Å². The van der Waals surface area contributed by atoms with E-state index in [1.807, 2.05) is 0 Å². The highest BCUT2D eigenvalue weighted by Crippen LogP contribution is 2.34. The van der Waals surface area contributed by atoms with Crippen molar-refractivity contribution in [2.75, 3.05) is 44.7 Å². The van der Waals surface area contributed by atoms with E-state index in [1.165, 1.54) is 18.2 Å². The number of nitrogens with zero attached hydrogens (tertiary/aromatic N) is 1. The summed E-state index contributed by atoms with van der Waals surface area (Å²) >= 11 is 0. The minimum atomic E-state index is -0.688. The van der Waals surface area contributed by atoms with Gasteiger partial charge in [0.15, 0.2) is 0 Å². The van der Waals surface area contributed by atoms with Gasteiger partial charge in [0.1, 0.15) is 5.82 Å². The Bertz CT molecular complexity index is 1070. The molecule has 8 nitrogen and oxygen atoms in total. The molecule has 2 aliphatic heterocycles. The zero-order valence-corrected chi connectivity index (χ0v) is 18.1. The van der Waals surface area contributed by atoms with Crippen LogP contribution in [0.1, 0.15) is 32.9 Å². The van der Waals surface area contributed by atoms with Gasteiger partial charge in [0.25, 0.3) is 11.8 Å². The number of aryl methyl sites for hydroxylation is 1. The first-order valence-electron chi connectivity index (χ1n) is 10.6. The number of hydrogen-bond acceptors (Lipinski definition) is 5. The van der Waals surface area contributed by atoms with Crippen LogP contribution in [0, 0.1) is 19.7 Å². The van der Waals surface area contributed by atoms with Gasteiger partial charge in [-0.1, -0.05) is 0 Å². The summed E-state index contributed by atoms with van der Waals surface area (Å²) in [4.78, 5) is 30.5. The molecule has 1 aromatic heterocycles. The molecule has 1 atom stereocenters. The normalized spacial score (nSPS) is 18.5. The van der Waals surface area contributed by atoms with E-state index in [2.05, 4.69) is 20.5 Å². The van der Waals surface area contributed by atoms with Gasteiger partial charge in [0.05, 0.1) is 30.5 Å². The fourth-order valence-electron chi connectivity index (χ4n) is 4.15. The number of rotatable bonds is 6. The highest BCUT2D eigenvalue weighted by atomic mass is 19.1. The van der Waals surface area contributed by atoms with Crippen molar-refractivity contribution in [3.63, 3.8) is 0 Å². The van der Waals surface area contributed by atoms with Gasteiger partial charge in [-0.3, -0.25) is 14.5 Å². The topological polar surface area (TPSA) is 107 Å². The van der Waals surface area contributed by atoms with Gasteiger partial charge < -0.3 is 25.5 Å². The maximum Gasteiger partial charge on any atom is 0.256 e. The molecule has 3 heterocycles. The number of aromatic nitrogens is 1. The molecule has 1 aromatic carbocycles. The summed E-state index contributed by atoms with van der Waals surface area (Å²) in [5.41, 5.74) is 3.75. The fourth-order valence-corrected chi connectivity index (χ4v) is 4.15. The summed E-state index contributed by atoms with van der Waals surface area (Å²) in [6.45, 7) is 6.98. The largest absolute Gasteiger partial charge is 0.390 e. The first kappa shape index (κ1) is 22.2. The Morgan fingerprint density at radius 3 is 2.84 bits per heavy atom. The average Bonchev–Trinajstić information content (AvgIpc) is 3.22. The summed E-state index contributed by atoms with van der Waals surface area (Å²) in [6, 6.07) is 4.13. The highest BCUT2D eigenvalue weighted by molar-refractivity contribution is 6.34. The van der Waals surface area contributed by atoms with E-state index in [1.54, 1.807) is 19.9 Å². The first-order chi connectivity index (χ1) is 15.3. The number of benzene rings is 1. The minimum absolute atomic E-state index is 0.131. The van der Waals surface area contributed by atoms with Crippen LogP contribution in [0.4, 0.5) is 10.1 Å². The van der Waals surface area contributed by atoms with Gasteiger partial charge in [-0.05, 0) is 43.7 Å². The molecule has 0 aliphatic carbocycles. The molecule has 32 heavy (non-hydrogen) atoms. The molecule has 1 fully saturated rings. The van der Waals surface area contributed by atoms with Gasteiger partial charge in [-0.25, -0.2) is 4.39 Å². The number of halogens is 1. The van der Waals surface area contributed by atoms with E-state index in [9.17, 15) is 19.1 Å². The first-order valence-corrected chi connectivity index (χ1v) is 10.6. The molecular formula is C23H27FN4O4. The number of morpholine rings is 1. The predicted molar refractivity (Wildman–Crippen MR) is 119 cm³/mol. The fraction of sp³-hybridized carbons (Fsp3) is 0.391. The van der Waals surface area contributed by atoms with Crippen molar-refractivity contribution in [2.24, 2.45) is 0 Å². The standard InChI is InChI=1S/C23H27FN4O4/c1-13-20(10-18-17-9-15(24)3-4-19(17)27-22(18)30)26-14(2)21(13)23(31)25-11-16(29)12-28-5-7-32-8-6-28/h3-4,9-10,16,26,29H,5-8,11-12H2,1-2H3,(H,25,31)(H,27,30)/b18-10-/t16-/m1/s1. The van der Waals surface area contributed by atoms with Gasteiger partial charge in [-0.2, -0.15) is 0 Å². The maximum absolute atomic E-state index is 13.7. The zero-order valence-electron chi connectivity index (χ0n) is 18.1. The second-order valence-electron chi connectivity index (χ2n) is 8.14. The molecule has 9 heteroatoms. The Morgan fingerprint density at radius 1 is 1.34 bits per heavy atom. The smallest absolute Gasteiger partial charge is 0.256 e. The molecule has 0 bridgehead atoms. The van der Waals surface area contributed by atoms with E-state index in [-0.39, 0.29) is 18.4 Å². The number of fused-ring (bicyclic) bond motifs is 1. The van der Waals surface area contributed by atoms with Crippen molar-refractivity contribution in [1.82, 2.24) is 15.2 Å². The summed E-state index contributed by atoms with van der Waals surface area (Å²) in [7, 11) is 0.